The van der Waals surface area contributed by atoms with E-state index in [0.717, 1.165) is 11.1 Å². The van der Waals surface area contributed by atoms with E-state index in [9.17, 15) is 0 Å². The zero-order valence-electron chi connectivity index (χ0n) is 10.9. The molecule has 0 aliphatic heterocycles. The Labute approximate surface area is 114 Å². The van der Waals surface area contributed by atoms with Crippen molar-refractivity contribution in [1.29, 1.82) is 0 Å². The van der Waals surface area contributed by atoms with Gasteiger partial charge in [-0.25, -0.2) is 0 Å². The summed E-state index contributed by atoms with van der Waals surface area (Å²) in [4.78, 5) is 0. The molecule has 0 atom stereocenters. The van der Waals surface area contributed by atoms with Crippen molar-refractivity contribution < 1.29 is 0 Å². The van der Waals surface area contributed by atoms with E-state index in [4.69, 9.17) is 0 Å². The van der Waals surface area contributed by atoms with Crippen LogP contribution in [0.15, 0.2) is 72.8 Å². The number of aryl methyl sites for hydroxylation is 1. The van der Waals surface area contributed by atoms with Crippen LogP contribution in [-0.2, 0) is 0 Å². The van der Waals surface area contributed by atoms with Crippen LogP contribution in [0.4, 0.5) is 0 Å². The predicted octanol–water partition coefficient (Wildman–Crippen LogP) is 5.13. The van der Waals surface area contributed by atoms with Crippen LogP contribution in [0.5, 0.6) is 0 Å². The molecule has 3 aromatic carbocycles. The highest BCUT2D eigenvalue weighted by Crippen LogP contribution is 2.27. The molecule has 0 spiro atoms. The Balaban J connectivity index is 2.12. The number of hydrogen-bond acceptors (Lipinski definition) is 0. The van der Waals surface area contributed by atoms with E-state index in [0.29, 0.717) is 0 Å². The molecule has 0 saturated heterocycles. The van der Waals surface area contributed by atoms with Crippen LogP contribution in [0, 0.1) is 13.0 Å². The zero-order valence-corrected chi connectivity index (χ0v) is 10.9. The first-order chi connectivity index (χ1) is 9.33. The topological polar surface area (TPSA) is 0 Å². The Kier molecular flexibility index (Phi) is 3.16. The zero-order chi connectivity index (χ0) is 13.1. The molecule has 0 amide bonds. The minimum atomic E-state index is 1.15. The molecule has 91 valence electrons. The largest absolute Gasteiger partial charge is 0.0622 e. The van der Waals surface area contributed by atoms with Gasteiger partial charge in [0, 0.05) is 0 Å². The Morgan fingerprint density at radius 2 is 1.05 bits per heavy atom. The van der Waals surface area contributed by atoms with Crippen molar-refractivity contribution >= 4 is 0 Å². The lowest BCUT2D eigenvalue weighted by atomic mass is 9.97. The van der Waals surface area contributed by atoms with Gasteiger partial charge in [0.05, 0.1) is 0 Å². The molecule has 0 N–H and O–H groups in total. The van der Waals surface area contributed by atoms with Gasteiger partial charge < -0.3 is 0 Å². The second kappa shape index (κ2) is 5.11. The summed E-state index contributed by atoms with van der Waals surface area (Å²) in [5, 5.41) is 0. The van der Waals surface area contributed by atoms with Gasteiger partial charge in [-0.3, -0.25) is 0 Å². The average Bonchev–Trinajstić information content (AvgIpc) is 2.48. The van der Waals surface area contributed by atoms with Crippen molar-refractivity contribution in [2.24, 2.45) is 0 Å². The lowest BCUT2D eigenvalue weighted by Gasteiger charge is -2.07. The highest BCUT2D eigenvalue weighted by Gasteiger charge is 2.03. The fourth-order valence-corrected chi connectivity index (χ4v) is 2.26. The van der Waals surface area contributed by atoms with Gasteiger partial charge in [-0.05, 0) is 40.8 Å². The summed E-state index contributed by atoms with van der Waals surface area (Å²) in [6, 6.07) is 28.7. The first-order valence-corrected chi connectivity index (χ1v) is 6.48. The molecule has 0 saturated carbocycles. The van der Waals surface area contributed by atoms with Crippen LogP contribution in [0.2, 0.25) is 0 Å². The maximum atomic E-state index is 3.52. The molecule has 1 radical (unpaired) electrons. The van der Waals surface area contributed by atoms with Gasteiger partial charge in [-0.1, -0.05) is 72.8 Å². The third-order valence-electron chi connectivity index (χ3n) is 3.18. The van der Waals surface area contributed by atoms with Gasteiger partial charge in [-0.2, -0.15) is 0 Å². The summed E-state index contributed by atoms with van der Waals surface area (Å²) in [6.07, 6.45) is 0. The van der Waals surface area contributed by atoms with E-state index < -0.39 is 0 Å². The Morgan fingerprint density at radius 1 is 0.632 bits per heavy atom. The van der Waals surface area contributed by atoms with Crippen molar-refractivity contribution in [3.05, 3.63) is 84.4 Å². The molecule has 0 unspecified atom stereocenters. The second-order valence-corrected chi connectivity index (χ2v) is 4.72. The number of hydrogen-bond donors (Lipinski definition) is 0. The molecule has 0 fully saturated rings. The number of rotatable bonds is 2. The summed E-state index contributed by atoms with van der Waals surface area (Å²) >= 11 is 0. The highest BCUT2D eigenvalue weighted by molar-refractivity contribution is 5.73. The van der Waals surface area contributed by atoms with Crippen LogP contribution < -0.4 is 0 Å². The Hall–Kier alpha value is -2.34. The van der Waals surface area contributed by atoms with Gasteiger partial charge in [0.15, 0.2) is 0 Å². The molecular formula is C19H15. The fraction of sp³-hybridized carbons (Fsp3) is 0.0526. The molecule has 19 heavy (non-hydrogen) atoms. The standard InChI is InChI=1S/C19H15/c1-15-12-18(16-8-4-2-5-9-16)14-19(13-15)17-10-6-3-7-11-17/h2-13H,1H3. The van der Waals surface area contributed by atoms with Crippen LogP contribution in [0.25, 0.3) is 22.3 Å². The van der Waals surface area contributed by atoms with E-state index in [1.54, 1.807) is 0 Å². The molecule has 0 nitrogen and oxygen atoms in total. The lowest BCUT2D eigenvalue weighted by Crippen LogP contribution is -1.84. The normalized spacial score (nSPS) is 10.4. The molecule has 0 aliphatic carbocycles. The van der Waals surface area contributed by atoms with Crippen molar-refractivity contribution in [2.45, 2.75) is 6.92 Å². The summed E-state index contributed by atoms with van der Waals surface area (Å²) < 4.78 is 0. The van der Waals surface area contributed by atoms with E-state index in [1.165, 1.54) is 16.7 Å². The van der Waals surface area contributed by atoms with Crippen LogP contribution in [0.3, 0.4) is 0 Å². The molecule has 0 heterocycles. The summed E-state index contributed by atoms with van der Waals surface area (Å²) in [7, 11) is 0. The van der Waals surface area contributed by atoms with Crippen LogP contribution in [0.1, 0.15) is 5.56 Å². The van der Waals surface area contributed by atoms with Gasteiger partial charge in [0.25, 0.3) is 0 Å². The Morgan fingerprint density at radius 3 is 1.47 bits per heavy atom. The van der Waals surface area contributed by atoms with Crippen molar-refractivity contribution in [3.63, 3.8) is 0 Å². The van der Waals surface area contributed by atoms with Crippen molar-refractivity contribution in [3.8, 4) is 22.3 Å². The van der Waals surface area contributed by atoms with E-state index >= 15 is 0 Å². The van der Waals surface area contributed by atoms with Crippen LogP contribution in [-0.4, -0.2) is 0 Å². The van der Waals surface area contributed by atoms with E-state index in [-0.39, 0.29) is 0 Å². The van der Waals surface area contributed by atoms with Gasteiger partial charge in [0.1, 0.15) is 0 Å². The van der Waals surface area contributed by atoms with Gasteiger partial charge in [0.2, 0.25) is 0 Å². The second-order valence-electron chi connectivity index (χ2n) is 4.72. The summed E-state index contributed by atoms with van der Waals surface area (Å²) in [5.41, 5.74) is 5.99. The summed E-state index contributed by atoms with van der Waals surface area (Å²) in [6.45, 7) is 2.13. The third kappa shape index (κ3) is 2.58. The van der Waals surface area contributed by atoms with Gasteiger partial charge in [-0.15, -0.1) is 0 Å². The highest BCUT2D eigenvalue weighted by atomic mass is 14.1. The average molecular weight is 243 g/mol. The molecule has 0 aliphatic rings. The fourth-order valence-electron chi connectivity index (χ4n) is 2.26. The van der Waals surface area contributed by atoms with E-state index in [2.05, 4.69) is 73.7 Å². The maximum absolute atomic E-state index is 3.52. The van der Waals surface area contributed by atoms with Crippen molar-refractivity contribution in [2.75, 3.05) is 0 Å². The van der Waals surface area contributed by atoms with Crippen LogP contribution >= 0.6 is 0 Å². The maximum Gasteiger partial charge on any atom is -0.00141 e. The summed E-state index contributed by atoms with van der Waals surface area (Å²) in [5.74, 6) is 0. The molecule has 0 heteroatoms. The first-order valence-electron chi connectivity index (χ1n) is 6.48. The van der Waals surface area contributed by atoms with E-state index in [1.807, 2.05) is 12.1 Å². The first kappa shape index (κ1) is 11.7. The molecule has 0 bridgehead atoms. The Bertz CT molecular complexity index is 609. The monoisotopic (exact) mass is 243 g/mol. The SMILES string of the molecule is Cc1cc(-c2ccccc2)[c]c(-c2ccccc2)c1. The number of benzene rings is 3. The molecule has 0 aromatic heterocycles. The lowest BCUT2D eigenvalue weighted by molar-refractivity contribution is 1.45. The minimum absolute atomic E-state index is 1.15. The van der Waals surface area contributed by atoms with Crippen molar-refractivity contribution in [1.82, 2.24) is 0 Å². The molecule has 3 aromatic rings. The predicted molar refractivity (Wildman–Crippen MR) is 80.9 cm³/mol. The third-order valence-corrected chi connectivity index (χ3v) is 3.18. The minimum Gasteiger partial charge on any atom is -0.0622 e. The smallest absolute Gasteiger partial charge is 0.00141 e. The quantitative estimate of drug-likeness (QED) is 0.585. The molecular weight excluding hydrogens is 228 g/mol. The van der Waals surface area contributed by atoms with Gasteiger partial charge >= 0.3 is 0 Å². The molecule has 3 rings (SSSR count).